The fraction of sp³-hybridized carbons (Fsp3) is 0.0385. The van der Waals surface area contributed by atoms with E-state index in [0.29, 0.717) is 5.02 Å². The summed E-state index contributed by atoms with van der Waals surface area (Å²) in [7, 11) is -3.95. The van der Waals surface area contributed by atoms with Crippen molar-refractivity contribution in [3.05, 3.63) is 106 Å². The van der Waals surface area contributed by atoms with Gasteiger partial charge in [0.2, 0.25) is 15.6 Å². The summed E-state index contributed by atoms with van der Waals surface area (Å²) in [4.78, 5) is 12.9. The minimum atomic E-state index is -3.95. The van der Waals surface area contributed by atoms with Gasteiger partial charge in [-0.3, -0.25) is 4.79 Å². The summed E-state index contributed by atoms with van der Waals surface area (Å²) >= 11 is 12.0. The molecule has 0 bridgehead atoms. The van der Waals surface area contributed by atoms with E-state index in [-0.39, 0.29) is 38.0 Å². The summed E-state index contributed by atoms with van der Waals surface area (Å²) in [6.45, 7) is 0. The van der Waals surface area contributed by atoms with E-state index in [4.69, 9.17) is 23.2 Å². The van der Waals surface area contributed by atoms with Crippen molar-refractivity contribution in [3.8, 4) is 17.2 Å². The highest BCUT2D eigenvalue weighted by Crippen LogP contribution is 2.41. The van der Waals surface area contributed by atoms with E-state index in [1.54, 1.807) is 24.3 Å². The van der Waals surface area contributed by atoms with E-state index in [2.05, 4.69) is 5.32 Å². The van der Waals surface area contributed by atoms with Crippen LogP contribution >= 0.6 is 23.2 Å². The van der Waals surface area contributed by atoms with Gasteiger partial charge in [-0.25, -0.2) is 8.42 Å². The number of carbonyl (C=O) groups is 1. The molecule has 0 saturated carbocycles. The van der Waals surface area contributed by atoms with Crippen LogP contribution < -0.4 is 5.32 Å². The van der Waals surface area contributed by atoms with Gasteiger partial charge >= 0.3 is 0 Å². The van der Waals surface area contributed by atoms with Gasteiger partial charge in [0.15, 0.2) is 11.5 Å². The summed E-state index contributed by atoms with van der Waals surface area (Å²) in [5, 5.41) is 33.7. The van der Waals surface area contributed by atoms with E-state index >= 15 is 0 Å². The first-order valence-electron chi connectivity index (χ1n) is 10.5. The molecule has 0 aliphatic rings. The van der Waals surface area contributed by atoms with Gasteiger partial charge in [-0.1, -0.05) is 53.5 Å². The number of amides is 1. The summed E-state index contributed by atoms with van der Waals surface area (Å²) in [5.74, 6) is -3.11. The average molecular weight is 544 g/mol. The standard InChI is InChI=1S/C26H19Cl2NO6S/c27-17-6-8-18(9-7-17)36(34,35)19-10-11-21(28)22(14-19)29-26(33)20-13-16(23(30)25(32)24(20)31)12-15-4-2-1-3-5-15/h1-11,13-14,30-32H,12H2,(H,29,33). The minimum Gasteiger partial charge on any atom is -0.504 e. The molecule has 4 aromatic carbocycles. The molecule has 0 aliphatic carbocycles. The van der Waals surface area contributed by atoms with Gasteiger partial charge in [0.1, 0.15) is 0 Å². The van der Waals surface area contributed by atoms with Crippen molar-refractivity contribution in [1.82, 2.24) is 0 Å². The summed E-state index contributed by atoms with van der Waals surface area (Å²) in [5.41, 5.74) is 0.630. The molecule has 0 saturated heterocycles. The van der Waals surface area contributed by atoms with Crippen molar-refractivity contribution < 1.29 is 28.5 Å². The molecule has 0 fully saturated rings. The Balaban J connectivity index is 1.67. The molecule has 0 aliphatic heterocycles. The van der Waals surface area contributed by atoms with E-state index in [0.717, 1.165) is 5.56 Å². The van der Waals surface area contributed by atoms with Gasteiger partial charge in [-0.05, 0) is 54.1 Å². The highest BCUT2D eigenvalue weighted by atomic mass is 35.5. The van der Waals surface area contributed by atoms with Crippen LogP contribution in [0.5, 0.6) is 17.2 Å². The topological polar surface area (TPSA) is 124 Å². The molecule has 0 heterocycles. The Kier molecular flexibility index (Phi) is 7.12. The molecule has 1 amide bonds. The van der Waals surface area contributed by atoms with Crippen molar-refractivity contribution in [2.45, 2.75) is 16.2 Å². The highest BCUT2D eigenvalue weighted by Gasteiger charge is 2.24. The number of sulfone groups is 1. The zero-order chi connectivity index (χ0) is 26.0. The molecule has 184 valence electrons. The first-order chi connectivity index (χ1) is 17.1. The number of hydrogen-bond acceptors (Lipinski definition) is 6. The highest BCUT2D eigenvalue weighted by molar-refractivity contribution is 7.91. The molecule has 0 spiro atoms. The van der Waals surface area contributed by atoms with Crippen LogP contribution in [0, 0.1) is 0 Å². The maximum absolute atomic E-state index is 13.0. The molecular weight excluding hydrogens is 525 g/mol. The molecule has 0 unspecified atom stereocenters. The Hall–Kier alpha value is -3.72. The van der Waals surface area contributed by atoms with E-state index in [9.17, 15) is 28.5 Å². The maximum Gasteiger partial charge on any atom is 0.259 e. The zero-order valence-corrected chi connectivity index (χ0v) is 20.8. The second-order valence-corrected chi connectivity index (χ2v) is 10.6. The number of phenols is 3. The smallest absolute Gasteiger partial charge is 0.259 e. The van der Waals surface area contributed by atoms with Crippen LogP contribution in [0.1, 0.15) is 21.5 Å². The van der Waals surface area contributed by atoms with Crippen molar-refractivity contribution in [3.63, 3.8) is 0 Å². The van der Waals surface area contributed by atoms with E-state index in [1.807, 2.05) is 6.07 Å². The maximum atomic E-state index is 13.0. The van der Waals surface area contributed by atoms with Gasteiger partial charge in [-0.15, -0.1) is 0 Å². The van der Waals surface area contributed by atoms with Crippen LogP contribution in [0.4, 0.5) is 5.69 Å². The number of phenolic OH excluding ortho intramolecular Hbond substituents is 3. The first kappa shape index (κ1) is 25.4. The van der Waals surface area contributed by atoms with Crippen LogP contribution in [0.25, 0.3) is 0 Å². The van der Waals surface area contributed by atoms with Crippen molar-refractivity contribution in [2.75, 3.05) is 5.32 Å². The van der Waals surface area contributed by atoms with Crippen molar-refractivity contribution >= 4 is 44.6 Å². The molecule has 0 atom stereocenters. The molecule has 36 heavy (non-hydrogen) atoms. The van der Waals surface area contributed by atoms with Gasteiger partial charge in [-0.2, -0.15) is 0 Å². The molecule has 4 aromatic rings. The van der Waals surface area contributed by atoms with Crippen LogP contribution in [0.3, 0.4) is 0 Å². The Labute approximate surface area is 217 Å². The lowest BCUT2D eigenvalue weighted by atomic mass is 10.00. The fourth-order valence-corrected chi connectivity index (χ4v) is 5.11. The third-order valence-electron chi connectivity index (χ3n) is 5.43. The number of aromatic hydroxyl groups is 3. The van der Waals surface area contributed by atoms with E-state index in [1.165, 1.54) is 48.5 Å². The van der Waals surface area contributed by atoms with Crippen LogP contribution in [-0.4, -0.2) is 29.6 Å². The molecule has 0 radical (unpaired) electrons. The number of anilines is 1. The van der Waals surface area contributed by atoms with Crippen LogP contribution in [0.15, 0.2) is 88.7 Å². The summed E-state index contributed by atoms with van der Waals surface area (Å²) < 4.78 is 26.0. The third kappa shape index (κ3) is 5.11. The number of nitrogens with one attached hydrogen (secondary N) is 1. The second-order valence-electron chi connectivity index (χ2n) is 7.84. The van der Waals surface area contributed by atoms with Crippen molar-refractivity contribution in [2.24, 2.45) is 0 Å². The van der Waals surface area contributed by atoms with Crippen LogP contribution in [0.2, 0.25) is 10.0 Å². The molecule has 4 N–H and O–H groups in total. The Morgan fingerprint density at radius 1 is 0.778 bits per heavy atom. The SMILES string of the molecule is O=C(Nc1cc(S(=O)(=O)c2ccc(Cl)cc2)ccc1Cl)c1cc(Cc2ccccc2)c(O)c(O)c1O. The number of hydrogen-bond donors (Lipinski definition) is 4. The van der Waals surface area contributed by atoms with Gasteiger partial charge in [0.25, 0.3) is 5.91 Å². The van der Waals surface area contributed by atoms with E-state index < -0.39 is 33.0 Å². The molecule has 10 heteroatoms. The van der Waals surface area contributed by atoms with Gasteiger partial charge < -0.3 is 20.6 Å². The predicted octanol–water partition coefficient (Wildman–Crippen LogP) is 5.79. The van der Waals surface area contributed by atoms with Crippen molar-refractivity contribution in [1.29, 1.82) is 0 Å². The second kappa shape index (κ2) is 10.1. The predicted molar refractivity (Wildman–Crippen MR) is 137 cm³/mol. The lowest BCUT2D eigenvalue weighted by molar-refractivity contribution is 0.102. The van der Waals surface area contributed by atoms with Crippen LogP contribution in [-0.2, 0) is 16.3 Å². The third-order valence-corrected chi connectivity index (χ3v) is 7.78. The van der Waals surface area contributed by atoms with Gasteiger partial charge in [0, 0.05) is 17.0 Å². The zero-order valence-electron chi connectivity index (χ0n) is 18.4. The largest absolute Gasteiger partial charge is 0.504 e. The molecule has 0 aromatic heterocycles. The van der Waals surface area contributed by atoms with Gasteiger partial charge in [0.05, 0.1) is 26.1 Å². The Morgan fingerprint density at radius 3 is 2.08 bits per heavy atom. The normalized spacial score (nSPS) is 11.3. The monoisotopic (exact) mass is 543 g/mol. The number of carbonyl (C=O) groups excluding carboxylic acids is 1. The average Bonchev–Trinajstić information content (AvgIpc) is 2.86. The molecule has 7 nitrogen and oxygen atoms in total. The summed E-state index contributed by atoms with van der Waals surface area (Å²) in [6.07, 6.45) is 0.177. The Morgan fingerprint density at radius 2 is 1.42 bits per heavy atom. The molecular formula is C26H19Cl2NO6S. The number of benzene rings is 4. The lowest BCUT2D eigenvalue weighted by Crippen LogP contribution is -2.14. The number of rotatable bonds is 6. The summed E-state index contributed by atoms with van der Waals surface area (Å²) in [6, 6.07) is 19.7. The first-order valence-corrected chi connectivity index (χ1v) is 12.7. The Bertz CT molecular complexity index is 1560. The lowest BCUT2D eigenvalue weighted by Gasteiger charge is -2.14. The molecule has 4 rings (SSSR count). The number of halogens is 2. The fourth-order valence-electron chi connectivity index (χ4n) is 3.53. The quantitative estimate of drug-likeness (QED) is 0.228. The minimum absolute atomic E-state index is 0.00171.